The molecule has 8 heteroatoms. The van der Waals surface area contributed by atoms with Crippen LogP contribution in [0.1, 0.15) is 24.8 Å². The predicted molar refractivity (Wildman–Crippen MR) is 107 cm³/mol. The second kappa shape index (κ2) is 10.5. The van der Waals surface area contributed by atoms with Gasteiger partial charge in [0.1, 0.15) is 5.75 Å². The maximum Gasteiger partial charge on any atom is 0.221 e. The van der Waals surface area contributed by atoms with Crippen molar-refractivity contribution in [3.05, 3.63) is 28.8 Å². The summed E-state index contributed by atoms with van der Waals surface area (Å²) < 4.78 is 16.6. The number of benzene rings is 1. The summed E-state index contributed by atoms with van der Waals surface area (Å²) in [6, 6.07) is 5.74. The first-order valence-corrected chi connectivity index (χ1v) is 9.50. The van der Waals surface area contributed by atoms with Crippen molar-refractivity contribution in [1.82, 2.24) is 10.6 Å². The van der Waals surface area contributed by atoms with Crippen LogP contribution in [0.4, 0.5) is 0 Å². The number of ether oxygens (including phenoxy) is 3. The van der Waals surface area contributed by atoms with Gasteiger partial charge in [0, 0.05) is 54.8 Å². The second-order valence-electron chi connectivity index (χ2n) is 6.94. The predicted octanol–water partition coefficient (Wildman–Crippen LogP) is 2.31. The lowest BCUT2D eigenvalue weighted by atomic mass is 9.73. The number of morpholine rings is 1. The highest BCUT2D eigenvalue weighted by Gasteiger charge is 2.37. The summed E-state index contributed by atoms with van der Waals surface area (Å²) in [4.78, 5) is 12.5. The number of amides is 1. The standard InChI is InChI=1S/C19H27ClN2O4.ClH/c1-24-17-3-2-14(20)10-16(17)19(4-7-25-8-5-19)13-22-18(23)11-15-12-26-9-6-21-15;/h2-3,10,15,21H,4-9,11-13H2,1H3,(H,22,23);1H. The van der Waals surface area contributed by atoms with Gasteiger partial charge in [0.15, 0.2) is 0 Å². The van der Waals surface area contributed by atoms with Gasteiger partial charge in [0.25, 0.3) is 0 Å². The SMILES string of the molecule is COc1ccc(Cl)cc1C1(CNC(=O)CC2COCCN2)CCOCC1.Cl. The Morgan fingerprint density at radius 2 is 2.11 bits per heavy atom. The zero-order valence-electron chi connectivity index (χ0n) is 15.6. The van der Waals surface area contributed by atoms with Crippen molar-refractivity contribution in [3.8, 4) is 5.75 Å². The molecule has 0 aliphatic carbocycles. The Labute approximate surface area is 171 Å². The van der Waals surface area contributed by atoms with Gasteiger partial charge in [-0.3, -0.25) is 4.79 Å². The zero-order chi connectivity index (χ0) is 18.4. The second-order valence-corrected chi connectivity index (χ2v) is 7.38. The molecule has 0 spiro atoms. The van der Waals surface area contributed by atoms with E-state index in [0.29, 0.717) is 44.4 Å². The highest BCUT2D eigenvalue weighted by molar-refractivity contribution is 6.30. The molecule has 1 aromatic carbocycles. The van der Waals surface area contributed by atoms with E-state index in [9.17, 15) is 4.79 Å². The third kappa shape index (κ3) is 5.72. The molecule has 2 aliphatic heterocycles. The summed E-state index contributed by atoms with van der Waals surface area (Å²) in [5, 5.41) is 7.10. The molecule has 1 atom stereocenters. The quantitative estimate of drug-likeness (QED) is 0.741. The number of carbonyl (C=O) groups excluding carboxylic acids is 1. The van der Waals surface area contributed by atoms with Gasteiger partial charge in [-0.05, 0) is 31.0 Å². The van der Waals surface area contributed by atoms with Crippen LogP contribution in [0.15, 0.2) is 18.2 Å². The lowest BCUT2D eigenvalue weighted by molar-refractivity contribution is -0.122. The Bertz CT molecular complexity index is 618. The van der Waals surface area contributed by atoms with E-state index in [4.69, 9.17) is 25.8 Å². The fourth-order valence-corrected chi connectivity index (χ4v) is 3.88. The topological polar surface area (TPSA) is 68.8 Å². The number of hydrogen-bond acceptors (Lipinski definition) is 5. The van der Waals surface area contributed by atoms with Crippen LogP contribution >= 0.6 is 24.0 Å². The molecule has 3 rings (SSSR count). The van der Waals surface area contributed by atoms with Crippen LogP contribution < -0.4 is 15.4 Å². The van der Waals surface area contributed by atoms with Crippen molar-refractivity contribution in [2.75, 3.05) is 46.6 Å². The monoisotopic (exact) mass is 418 g/mol. The average Bonchev–Trinajstić information content (AvgIpc) is 2.68. The largest absolute Gasteiger partial charge is 0.496 e. The van der Waals surface area contributed by atoms with E-state index in [1.54, 1.807) is 7.11 Å². The molecule has 152 valence electrons. The van der Waals surface area contributed by atoms with Crippen LogP contribution in [0.25, 0.3) is 0 Å². The van der Waals surface area contributed by atoms with Crippen molar-refractivity contribution in [2.45, 2.75) is 30.7 Å². The van der Waals surface area contributed by atoms with Crippen molar-refractivity contribution in [3.63, 3.8) is 0 Å². The maximum absolute atomic E-state index is 12.5. The van der Waals surface area contributed by atoms with E-state index < -0.39 is 0 Å². The van der Waals surface area contributed by atoms with Gasteiger partial charge in [0.2, 0.25) is 5.91 Å². The first-order chi connectivity index (χ1) is 12.6. The first-order valence-electron chi connectivity index (χ1n) is 9.12. The van der Waals surface area contributed by atoms with Crippen LogP contribution in [-0.2, 0) is 19.7 Å². The summed E-state index contributed by atoms with van der Waals surface area (Å²) in [5.41, 5.74) is 0.802. The average molecular weight is 419 g/mol. The van der Waals surface area contributed by atoms with Gasteiger partial charge >= 0.3 is 0 Å². The molecule has 1 aromatic rings. The van der Waals surface area contributed by atoms with Crippen molar-refractivity contribution < 1.29 is 19.0 Å². The molecule has 2 saturated heterocycles. The van der Waals surface area contributed by atoms with Gasteiger partial charge in [0.05, 0.1) is 20.3 Å². The Hall–Kier alpha value is -1.05. The van der Waals surface area contributed by atoms with Crippen LogP contribution in [0.5, 0.6) is 5.75 Å². The molecule has 0 saturated carbocycles. The molecule has 2 fully saturated rings. The number of rotatable bonds is 6. The summed E-state index contributed by atoms with van der Waals surface area (Å²) in [7, 11) is 1.66. The Kier molecular flexibility index (Phi) is 8.63. The van der Waals surface area contributed by atoms with Crippen LogP contribution in [0.3, 0.4) is 0 Å². The van der Waals surface area contributed by atoms with Crippen molar-refractivity contribution in [1.29, 1.82) is 0 Å². The van der Waals surface area contributed by atoms with Crippen molar-refractivity contribution >= 4 is 29.9 Å². The van der Waals surface area contributed by atoms with E-state index >= 15 is 0 Å². The highest BCUT2D eigenvalue weighted by atomic mass is 35.5. The summed E-state index contributed by atoms with van der Waals surface area (Å²) in [6.45, 7) is 3.93. The fourth-order valence-electron chi connectivity index (χ4n) is 3.71. The third-order valence-electron chi connectivity index (χ3n) is 5.24. The molecule has 0 bridgehead atoms. The van der Waals surface area contributed by atoms with Gasteiger partial charge in [-0.2, -0.15) is 0 Å². The summed E-state index contributed by atoms with van der Waals surface area (Å²) in [5.74, 6) is 0.827. The maximum atomic E-state index is 12.5. The lowest BCUT2D eigenvalue weighted by Crippen LogP contribution is -2.48. The molecule has 0 aromatic heterocycles. The number of nitrogens with one attached hydrogen (secondary N) is 2. The smallest absolute Gasteiger partial charge is 0.221 e. The van der Waals surface area contributed by atoms with Gasteiger partial charge in [-0.15, -0.1) is 12.4 Å². The molecule has 1 unspecified atom stereocenters. The summed E-state index contributed by atoms with van der Waals surface area (Å²) >= 11 is 6.25. The summed E-state index contributed by atoms with van der Waals surface area (Å²) in [6.07, 6.45) is 2.04. The van der Waals surface area contributed by atoms with Gasteiger partial charge in [-0.1, -0.05) is 11.6 Å². The van der Waals surface area contributed by atoms with E-state index in [2.05, 4.69) is 10.6 Å². The minimum Gasteiger partial charge on any atom is -0.496 e. The number of hydrogen-bond donors (Lipinski definition) is 2. The molecular formula is C19H28Cl2N2O4. The molecule has 2 heterocycles. The third-order valence-corrected chi connectivity index (χ3v) is 5.47. The normalized spacial score (nSPS) is 21.8. The molecule has 6 nitrogen and oxygen atoms in total. The molecule has 1 amide bonds. The Morgan fingerprint density at radius 1 is 1.33 bits per heavy atom. The minimum absolute atomic E-state index is 0. The van der Waals surface area contributed by atoms with Crippen LogP contribution in [0, 0.1) is 0 Å². The fraction of sp³-hybridized carbons (Fsp3) is 0.632. The minimum atomic E-state index is -0.235. The molecular weight excluding hydrogens is 391 g/mol. The van der Waals surface area contributed by atoms with Gasteiger partial charge < -0.3 is 24.8 Å². The molecule has 0 radical (unpaired) electrons. The number of methoxy groups -OCH3 is 1. The molecule has 2 aliphatic rings. The molecule has 2 N–H and O–H groups in total. The van der Waals surface area contributed by atoms with E-state index in [-0.39, 0.29) is 29.8 Å². The number of carbonyl (C=O) groups is 1. The first kappa shape index (κ1) is 22.2. The van der Waals surface area contributed by atoms with E-state index in [1.807, 2.05) is 18.2 Å². The van der Waals surface area contributed by atoms with Crippen LogP contribution in [0.2, 0.25) is 5.02 Å². The Balaban J connectivity index is 0.00000261. The van der Waals surface area contributed by atoms with Crippen LogP contribution in [-0.4, -0.2) is 58.6 Å². The highest BCUT2D eigenvalue weighted by Crippen LogP contribution is 2.40. The lowest BCUT2D eigenvalue weighted by Gasteiger charge is -2.39. The molecule has 27 heavy (non-hydrogen) atoms. The number of halogens is 2. The zero-order valence-corrected chi connectivity index (χ0v) is 17.2. The van der Waals surface area contributed by atoms with E-state index in [1.165, 1.54) is 0 Å². The van der Waals surface area contributed by atoms with E-state index in [0.717, 1.165) is 30.7 Å². The van der Waals surface area contributed by atoms with Crippen molar-refractivity contribution in [2.24, 2.45) is 0 Å². The van der Waals surface area contributed by atoms with Gasteiger partial charge in [-0.25, -0.2) is 0 Å². The Morgan fingerprint density at radius 3 is 2.78 bits per heavy atom.